The first-order valence-electron chi connectivity index (χ1n) is 9.28. The number of carbonyl (C=O) groups excluding carboxylic acids is 2. The molecule has 2 aromatic carbocycles. The fourth-order valence-corrected chi connectivity index (χ4v) is 3.19. The number of nitrogens with zero attached hydrogens (tertiary/aromatic N) is 1. The van der Waals surface area contributed by atoms with Gasteiger partial charge in [0, 0.05) is 6.08 Å². The van der Waals surface area contributed by atoms with Crippen molar-refractivity contribution in [3.63, 3.8) is 0 Å². The van der Waals surface area contributed by atoms with Gasteiger partial charge in [0.1, 0.15) is 6.54 Å². The van der Waals surface area contributed by atoms with Gasteiger partial charge in [-0.3, -0.25) is 14.5 Å². The lowest BCUT2D eigenvalue weighted by atomic mass is 10.1. The summed E-state index contributed by atoms with van der Waals surface area (Å²) in [4.78, 5) is 26.1. The van der Waals surface area contributed by atoms with Crippen LogP contribution < -0.4 is 19.7 Å². The number of anilines is 2. The van der Waals surface area contributed by atoms with E-state index >= 15 is 0 Å². The molecule has 1 aliphatic heterocycles. The largest absolute Gasteiger partial charge is 0.493 e. The molecule has 29 heavy (non-hydrogen) atoms. The molecule has 0 atom stereocenters. The minimum absolute atomic E-state index is 0.0355. The Kier molecular flexibility index (Phi) is 6.44. The molecule has 0 spiro atoms. The van der Waals surface area contributed by atoms with E-state index in [-0.39, 0.29) is 18.4 Å². The molecule has 0 bridgehead atoms. The summed E-state index contributed by atoms with van der Waals surface area (Å²) >= 11 is 6.36. The summed E-state index contributed by atoms with van der Waals surface area (Å²) < 4.78 is 11.1. The lowest BCUT2D eigenvalue weighted by Crippen LogP contribution is -2.41. The van der Waals surface area contributed by atoms with Gasteiger partial charge in [-0.15, -0.1) is 0 Å². The second-order valence-electron chi connectivity index (χ2n) is 7.06. The van der Waals surface area contributed by atoms with Gasteiger partial charge in [-0.1, -0.05) is 37.6 Å². The Morgan fingerprint density at radius 2 is 2.07 bits per heavy atom. The zero-order valence-electron chi connectivity index (χ0n) is 16.6. The van der Waals surface area contributed by atoms with E-state index in [2.05, 4.69) is 5.32 Å². The van der Waals surface area contributed by atoms with Crippen LogP contribution in [0, 0.1) is 5.92 Å². The highest BCUT2D eigenvalue weighted by Crippen LogP contribution is 2.37. The fraction of sp³-hybridized carbons (Fsp3) is 0.273. The first-order valence-corrected chi connectivity index (χ1v) is 9.65. The Bertz CT molecular complexity index is 956. The number of hydrogen-bond acceptors (Lipinski definition) is 4. The molecule has 1 heterocycles. The zero-order valence-corrected chi connectivity index (χ0v) is 17.3. The van der Waals surface area contributed by atoms with Crippen molar-refractivity contribution >= 4 is 40.9 Å². The van der Waals surface area contributed by atoms with E-state index < -0.39 is 0 Å². The number of fused-ring (bicyclic) bond motifs is 1. The van der Waals surface area contributed by atoms with Crippen molar-refractivity contribution < 1.29 is 19.1 Å². The van der Waals surface area contributed by atoms with Gasteiger partial charge in [0.05, 0.1) is 30.1 Å². The maximum Gasteiger partial charge on any atom is 0.251 e. The van der Waals surface area contributed by atoms with Crippen LogP contribution in [0.5, 0.6) is 11.5 Å². The smallest absolute Gasteiger partial charge is 0.251 e. The SMILES string of the molecule is COc1cc(/C=C/C(=O)N2CC(=O)Nc3ccccc32)cc(Cl)c1OCC(C)C. The van der Waals surface area contributed by atoms with Crippen LogP contribution in [0.3, 0.4) is 0 Å². The Morgan fingerprint density at radius 1 is 1.31 bits per heavy atom. The standard InChI is InChI=1S/C22H23ClN2O4/c1-14(2)13-29-22-16(23)10-15(11-19(22)28-3)8-9-21(27)25-12-20(26)24-17-6-4-5-7-18(17)25/h4-11,14H,12-13H2,1-3H3,(H,24,26)/b9-8+. The monoisotopic (exact) mass is 414 g/mol. The van der Waals surface area contributed by atoms with E-state index in [0.717, 1.165) is 0 Å². The molecule has 0 saturated carbocycles. The Labute approximate surface area is 175 Å². The maximum absolute atomic E-state index is 12.7. The van der Waals surface area contributed by atoms with Crippen LogP contribution >= 0.6 is 11.6 Å². The second kappa shape index (κ2) is 9.01. The average molecular weight is 415 g/mol. The summed E-state index contributed by atoms with van der Waals surface area (Å²) in [5.41, 5.74) is 1.96. The third-order valence-electron chi connectivity index (χ3n) is 4.27. The van der Waals surface area contributed by atoms with Gasteiger partial charge in [0.2, 0.25) is 5.91 Å². The lowest BCUT2D eigenvalue weighted by Gasteiger charge is -2.28. The number of halogens is 1. The molecule has 0 fully saturated rings. The van der Waals surface area contributed by atoms with Crippen LogP contribution in [0.25, 0.3) is 6.08 Å². The van der Waals surface area contributed by atoms with Crippen LogP contribution in [-0.4, -0.2) is 32.1 Å². The molecular weight excluding hydrogens is 392 g/mol. The van der Waals surface area contributed by atoms with Crippen LogP contribution in [0.4, 0.5) is 11.4 Å². The van der Waals surface area contributed by atoms with E-state index in [9.17, 15) is 9.59 Å². The van der Waals surface area contributed by atoms with E-state index in [1.54, 1.807) is 36.4 Å². The molecule has 3 rings (SSSR count). The van der Waals surface area contributed by atoms with Crippen molar-refractivity contribution in [2.24, 2.45) is 5.92 Å². The summed E-state index contributed by atoms with van der Waals surface area (Å²) in [6, 6.07) is 10.6. The molecule has 0 saturated heterocycles. The molecule has 0 unspecified atom stereocenters. The lowest BCUT2D eigenvalue weighted by molar-refractivity contribution is -0.119. The molecule has 2 aromatic rings. The number of carbonyl (C=O) groups is 2. The van der Waals surface area contributed by atoms with Gasteiger partial charge in [0.15, 0.2) is 11.5 Å². The van der Waals surface area contributed by atoms with Crippen molar-refractivity contribution in [3.05, 3.63) is 53.1 Å². The molecule has 1 aliphatic rings. The number of methoxy groups -OCH3 is 1. The molecule has 1 N–H and O–H groups in total. The number of rotatable bonds is 6. The van der Waals surface area contributed by atoms with Crippen molar-refractivity contribution in [3.8, 4) is 11.5 Å². The van der Waals surface area contributed by atoms with Crippen LogP contribution in [0.2, 0.25) is 5.02 Å². The first-order chi connectivity index (χ1) is 13.9. The quantitative estimate of drug-likeness (QED) is 0.712. The highest BCUT2D eigenvalue weighted by atomic mass is 35.5. The van der Waals surface area contributed by atoms with Gasteiger partial charge in [-0.05, 0) is 41.8 Å². The number of nitrogens with one attached hydrogen (secondary N) is 1. The van der Waals surface area contributed by atoms with Gasteiger partial charge >= 0.3 is 0 Å². The van der Waals surface area contributed by atoms with Crippen molar-refractivity contribution in [2.75, 3.05) is 30.5 Å². The zero-order chi connectivity index (χ0) is 21.0. The Morgan fingerprint density at radius 3 is 2.79 bits per heavy atom. The molecular formula is C22H23ClN2O4. The van der Waals surface area contributed by atoms with E-state index in [0.29, 0.717) is 46.0 Å². The molecule has 0 radical (unpaired) electrons. The highest BCUT2D eigenvalue weighted by Gasteiger charge is 2.25. The molecule has 0 aliphatic carbocycles. The normalized spacial score (nSPS) is 13.4. The molecule has 2 amide bonds. The molecule has 0 aromatic heterocycles. The van der Waals surface area contributed by atoms with Crippen LogP contribution in [-0.2, 0) is 9.59 Å². The van der Waals surface area contributed by atoms with Gasteiger partial charge in [-0.25, -0.2) is 0 Å². The summed E-state index contributed by atoms with van der Waals surface area (Å²) in [6.45, 7) is 4.57. The predicted molar refractivity (Wildman–Crippen MR) is 115 cm³/mol. The summed E-state index contributed by atoms with van der Waals surface area (Å²) in [7, 11) is 1.54. The number of benzene rings is 2. The van der Waals surface area contributed by atoms with E-state index in [1.165, 1.54) is 18.1 Å². The third-order valence-corrected chi connectivity index (χ3v) is 4.55. The Hall–Kier alpha value is -2.99. The van der Waals surface area contributed by atoms with Gasteiger partial charge < -0.3 is 14.8 Å². The molecule has 6 nitrogen and oxygen atoms in total. The van der Waals surface area contributed by atoms with E-state index in [4.69, 9.17) is 21.1 Å². The van der Waals surface area contributed by atoms with Crippen LogP contribution in [0.15, 0.2) is 42.5 Å². The second-order valence-corrected chi connectivity index (χ2v) is 7.47. The van der Waals surface area contributed by atoms with Gasteiger partial charge in [0.25, 0.3) is 5.91 Å². The number of para-hydroxylation sites is 2. The number of hydrogen-bond donors (Lipinski definition) is 1. The topological polar surface area (TPSA) is 67.9 Å². The van der Waals surface area contributed by atoms with Crippen LogP contribution in [0.1, 0.15) is 19.4 Å². The van der Waals surface area contributed by atoms with Gasteiger partial charge in [-0.2, -0.15) is 0 Å². The van der Waals surface area contributed by atoms with Crippen molar-refractivity contribution in [1.29, 1.82) is 0 Å². The minimum atomic E-state index is -0.303. The van der Waals surface area contributed by atoms with Crippen molar-refractivity contribution in [2.45, 2.75) is 13.8 Å². The fourth-order valence-electron chi connectivity index (χ4n) is 2.91. The molecule has 7 heteroatoms. The first kappa shape index (κ1) is 20.7. The average Bonchev–Trinajstić information content (AvgIpc) is 2.69. The summed E-state index contributed by atoms with van der Waals surface area (Å²) in [6.07, 6.45) is 3.05. The minimum Gasteiger partial charge on any atom is -0.493 e. The number of amides is 2. The maximum atomic E-state index is 12.7. The number of ether oxygens (including phenoxy) is 2. The van der Waals surface area contributed by atoms with E-state index in [1.807, 2.05) is 19.9 Å². The summed E-state index contributed by atoms with van der Waals surface area (Å²) in [5.74, 6) is 0.780. The molecule has 152 valence electrons. The highest BCUT2D eigenvalue weighted by molar-refractivity contribution is 6.32. The third kappa shape index (κ3) is 4.90. The van der Waals surface area contributed by atoms with Crippen molar-refractivity contribution in [1.82, 2.24) is 0 Å². The summed E-state index contributed by atoms with van der Waals surface area (Å²) in [5, 5.41) is 3.16. The Balaban J connectivity index is 1.82. The predicted octanol–water partition coefficient (Wildman–Crippen LogP) is 4.38.